The van der Waals surface area contributed by atoms with Gasteiger partial charge in [-0.1, -0.05) is 12.1 Å². The summed E-state index contributed by atoms with van der Waals surface area (Å²) in [6.07, 6.45) is 0. The number of fused-ring (bicyclic) bond motifs is 1. The molecule has 0 radical (unpaired) electrons. The fourth-order valence-corrected chi connectivity index (χ4v) is 2.43. The van der Waals surface area contributed by atoms with E-state index in [0.717, 1.165) is 11.4 Å². The zero-order valence-corrected chi connectivity index (χ0v) is 11.7. The molecule has 98 valence electrons. The van der Waals surface area contributed by atoms with Crippen molar-refractivity contribution in [1.29, 1.82) is 0 Å². The van der Waals surface area contributed by atoms with E-state index in [1.54, 1.807) is 19.0 Å². The molecule has 2 aliphatic rings. The number of amides is 1. The lowest BCUT2D eigenvalue weighted by molar-refractivity contribution is -0.121. The van der Waals surface area contributed by atoms with Gasteiger partial charge in [0.15, 0.2) is 16.6 Å². The van der Waals surface area contributed by atoms with Crippen molar-refractivity contribution in [3.05, 3.63) is 35.8 Å². The third-order valence-corrected chi connectivity index (χ3v) is 3.90. The first-order chi connectivity index (χ1) is 9.02. The highest BCUT2D eigenvalue weighted by Crippen LogP contribution is 2.39. The molecule has 0 aromatic heterocycles. The molecule has 0 saturated carbocycles. The molecule has 1 amide bonds. The van der Waals surface area contributed by atoms with Crippen molar-refractivity contribution in [2.45, 2.75) is 0 Å². The van der Waals surface area contributed by atoms with E-state index < -0.39 is 0 Å². The van der Waals surface area contributed by atoms with Gasteiger partial charge in [-0.2, -0.15) is 0 Å². The van der Waals surface area contributed by atoms with Crippen LogP contribution in [0, 0.1) is 0 Å². The van der Waals surface area contributed by atoms with E-state index in [1.165, 1.54) is 4.90 Å². The first kappa shape index (κ1) is 12.0. The maximum absolute atomic E-state index is 12.2. The zero-order chi connectivity index (χ0) is 13.7. The van der Waals surface area contributed by atoms with Gasteiger partial charge in [-0.3, -0.25) is 9.69 Å². The van der Waals surface area contributed by atoms with Gasteiger partial charge >= 0.3 is 0 Å². The largest absolute Gasteiger partial charge is 0.436 e. The second-order valence-electron chi connectivity index (χ2n) is 4.49. The van der Waals surface area contributed by atoms with Crippen molar-refractivity contribution in [2.75, 3.05) is 26.0 Å². The van der Waals surface area contributed by atoms with Gasteiger partial charge in [0.2, 0.25) is 5.88 Å². The lowest BCUT2D eigenvalue weighted by Crippen LogP contribution is -2.27. The second kappa shape index (κ2) is 3.96. The Bertz CT molecular complexity index is 626. The molecule has 0 unspecified atom stereocenters. The molecule has 0 atom stereocenters. The molecular weight excluding hydrogens is 262 g/mol. The number of anilines is 1. The summed E-state index contributed by atoms with van der Waals surface area (Å²) in [6, 6.07) is 7.66. The van der Waals surface area contributed by atoms with Crippen molar-refractivity contribution >= 4 is 28.9 Å². The van der Waals surface area contributed by atoms with E-state index in [0.29, 0.717) is 16.7 Å². The average molecular weight is 275 g/mol. The Balaban J connectivity index is 2.12. The highest BCUT2D eigenvalue weighted by Gasteiger charge is 2.40. The van der Waals surface area contributed by atoms with E-state index in [4.69, 9.17) is 17.0 Å². The number of nitrogens with zero attached hydrogens (tertiary/aromatic N) is 3. The Morgan fingerprint density at radius 2 is 1.74 bits per heavy atom. The molecule has 2 aliphatic heterocycles. The standard InChI is InChI=1S/C13H13N3O2S/c1-14-8-6-4-5-7-9(8)18-12(14)10-11(17)16(3)13(19)15(10)2/h4-7H,1-3H3. The van der Waals surface area contributed by atoms with Crippen LogP contribution in [-0.4, -0.2) is 42.0 Å². The SMILES string of the molecule is CN1C(=O)C(=C2Oc3ccccc3N2C)N(C)C1=S. The highest BCUT2D eigenvalue weighted by atomic mass is 32.1. The summed E-state index contributed by atoms with van der Waals surface area (Å²) >= 11 is 5.20. The maximum atomic E-state index is 12.2. The number of para-hydroxylation sites is 2. The number of hydrogen-bond donors (Lipinski definition) is 0. The van der Waals surface area contributed by atoms with Crippen molar-refractivity contribution in [3.8, 4) is 5.75 Å². The molecule has 3 rings (SSSR count). The van der Waals surface area contributed by atoms with E-state index in [1.807, 2.05) is 36.2 Å². The molecule has 1 fully saturated rings. The summed E-state index contributed by atoms with van der Waals surface area (Å²) in [7, 11) is 5.31. The third-order valence-electron chi connectivity index (χ3n) is 3.36. The van der Waals surface area contributed by atoms with E-state index >= 15 is 0 Å². The molecular formula is C13H13N3O2S. The molecule has 1 aromatic rings. The summed E-state index contributed by atoms with van der Waals surface area (Å²) in [5, 5.41) is 0.473. The molecule has 0 bridgehead atoms. The van der Waals surface area contributed by atoms with E-state index in [2.05, 4.69) is 0 Å². The summed E-state index contributed by atoms with van der Waals surface area (Å²) in [5.74, 6) is 1.11. The van der Waals surface area contributed by atoms with Gasteiger partial charge in [0.1, 0.15) is 0 Å². The lowest BCUT2D eigenvalue weighted by Gasteiger charge is -2.16. The number of benzene rings is 1. The van der Waals surface area contributed by atoms with Gasteiger partial charge in [0.05, 0.1) is 5.69 Å². The van der Waals surface area contributed by atoms with Crippen LogP contribution in [0.3, 0.4) is 0 Å². The molecule has 1 saturated heterocycles. The number of rotatable bonds is 0. The Morgan fingerprint density at radius 3 is 2.32 bits per heavy atom. The number of carbonyl (C=O) groups is 1. The van der Waals surface area contributed by atoms with Crippen LogP contribution in [0.2, 0.25) is 0 Å². The lowest BCUT2D eigenvalue weighted by atomic mass is 10.3. The topological polar surface area (TPSA) is 36.0 Å². The zero-order valence-electron chi connectivity index (χ0n) is 10.9. The Labute approximate surface area is 116 Å². The first-order valence-electron chi connectivity index (χ1n) is 5.83. The minimum absolute atomic E-state index is 0.151. The molecule has 1 aromatic carbocycles. The molecule has 2 heterocycles. The van der Waals surface area contributed by atoms with Crippen molar-refractivity contribution in [3.63, 3.8) is 0 Å². The summed E-state index contributed by atoms with van der Waals surface area (Å²) in [5.41, 5.74) is 1.40. The van der Waals surface area contributed by atoms with Crippen LogP contribution < -0.4 is 9.64 Å². The summed E-state index contributed by atoms with van der Waals surface area (Å²) in [6.45, 7) is 0. The van der Waals surface area contributed by atoms with Crippen LogP contribution in [-0.2, 0) is 4.79 Å². The monoisotopic (exact) mass is 275 g/mol. The van der Waals surface area contributed by atoms with Crippen LogP contribution in [0.1, 0.15) is 0 Å². The van der Waals surface area contributed by atoms with Crippen LogP contribution in [0.5, 0.6) is 5.75 Å². The third kappa shape index (κ3) is 1.53. The summed E-state index contributed by atoms with van der Waals surface area (Å²) in [4.78, 5) is 17.2. The molecule has 5 nitrogen and oxygen atoms in total. The van der Waals surface area contributed by atoms with Gasteiger partial charge in [-0.15, -0.1) is 0 Å². The normalized spacial score (nSPS) is 22.2. The van der Waals surface area contributed by atoms with Crippen molar-refractivity contribution in [2.24, 2.45) is 0 Å². The quantitative estimate of drug-likeness (QED) is 0.528. The first-order valence-corrected chi connectivity index (χ1v) is 6.24. The van der Waals surface area contributed by atoms with E-state index in [-0.39, 0.29) is 5.91 Å². The molecule has 6 heteroatoms. The van der Waals surface area contributed by atoms with Gasteiger partial charge in [0.25, 0.3) is 5.91 Å². The second-order valence-corrected chi connectivity index (χ2v) is 4.85. The Morgan fingerprint density at radius 1 is 1.05 bits per heavy atom. The van der Waals surface area contributed by atoms with Crippen LogP contribution in [0.25, 0.3) is 0 Å². The molecule has 0 aliphatic carbocycles. The smallest absolute Gasteiger partial charge is 0.282 e. The van der Waals surface area contributed by atoms with Crippen LogP contribution in [0.15, 0.2) is 35.8 Å². The highest BCUT2D eigenvalue weighted by molar-refractivity contribution is 7.80. The van der Waals surface area contributed by atoms with Gasteiger partial charge < -0.3 is 14.5 Å². The number of carbonyl (C=O) groups excluding carboxylic acids is 1. The number of hydrogen-bond acceptors (Lipinski definition) is 4. The van der Waals surface area contributed by atoms with E-state index in [9.17, 15) is 4.79 Å². The fourth-order valence-electron chi connectivity index (χ4n) is 2.25. The van der Waals surface area contributed by atoms with Crippen molar-refractivity contribution < 1.29 is 9.53 Å². The number of thiocarbonyl (C=S) groups is 1. The number of ether oxygens (including phenoxy) is 1. The van der Waals surface area contributed by atoms with Gasteiger partial charge in [-0.25, -0.2) is 0 Å². The Kier molecular flexibility index (Phi) is 2.50. The summed E-state index contributed by atoms with van der Waals surface area (Å²) < 4.78 is 5.80. The molecule has 19 heavy (non-hydrogen) atoms. The Hall–Kier alpha value is -2.08. The predicted molar refractivity (Wildman–Crippen MR) is 75.6 cm³/mol. The van der Waals surface area contributed by atoms with Crippen LogP contribution in [0.4, 0.5) is 5.69 Å². The van der Waals surface area contributed by atoms with Gasteiger partial charge in [0, 0.05) is 21.1 Å². The van der Waals surface area contributed by atoms with Gasteiger partial charge in [-0.05, 0) is 24.4 Å². The molecule has 0 N–H and O–H groups in total. The minimum Gasteiger partial charge on any atom is -0.436 e. The minimum atomic E-state index is -0.151. The average Bonchev–Trinajstić information content (AvgIpc) is 2.83. The fraction of sp³-hybridized carbons (Fsp3) is 0.231. The van der Waals surface area contributed by atoms with Crippen LogP contribution >= 0.6 is 12.2 Å². The predicted octanol–water partition coefficient (Wildman–Crippen LogP) is 1.37. The number of likely N-dealkylation sites (N-methyl/N-ethyl adjacent to an activating group) is 2. The van der Waals surface area contributed by atoms with Crippen molar-refractivity contribution in [1.82, 2.24) is 9.80 Å². The maximum Gasteiger partial charge on any atom is 0.282 e. The molecule has 0 spiro atoms.